The number of aldehydes is 1. The van der Waals surface area contributed by atoms with E-state index in [1.54, 1.807) is 14.0 Å². The van der Waals surface area contributed by atoms with E-state index in [-0.39, 0.29) is 6.10 Å². The molecule has 2 aliphatic rings. The summed E-state index contributed by atoms with van der Waals surface area (Å²) in [5.74, 6) is 0. The minimum Gasteiger partial charge on any atom is -0.373 e. The van der Waals surface area contributed by atoms with E-state index in [9.17, 15) is 4.79 Å². The van der Waals surface area contributed by atoms with E-state index in [0.717, 1.165) is 36.1 Å². The number of hydrogen-bond acceptors (Lipinski definition) is 3. The summed E-state index contributed by atoms with van der Waals surface area (Å²) < 4.78 is 5.31. The predicted molar refractivity (Wildman–Crippen MR) is 90.9 cm³/mol. The maximum atomic E-state index is 11.0. The third-order valence-electron chi connectivity index (χ3n) is 3.39. The van der Waals surface area contributed by atoms with Crippen molar-refractivity contribution in [3.63, 3.8) is 0 Å². The second-order valence-electron chi connectivity index (χ2n) is 5.18. The zero-order chi connectivity index (χ0) is 15.8. The number of carbonyl (C=O) groups is 1. The molecule has 0 aliphatic heterocycles. The van der Waals surface area contributed by atoms with Crippen LogP contribution in [0.3, 0.4) is 0 Å². The third kappa shape index (κ3) is 4.64. The molecule has 0 radical (unpaired) electrons. The van der Waals surface area contributed by atoms with Crippen LogP contribution in [0.1, 0.15) is 19.8 Å². The van der Waals surface area contributed by atoms with Gasteiger partial charge >= 0.3 is 0 Å². The van der Waals surface area contributed by atoms with Crippen molar-refractivity contribution in [1.82, 2.24) is 0 Å². The summed E-state index contributed by atoms with van der Waals surface area (Å²) in [7, 11) is 1.67. The fraction of sp³-hybridized carbons (Fsp3) is 0.263. The Morgan fingerprint density at radius 1 is 1.32 bits per heavy atom. The van der Waals surface area contributed by atoms with Gasteiger partial charge in [-0.1, -0.05) is 42.5 Å². The Morgan fingerprint density at radius 3 is 2.86 bits per heavy atom. The quantitative estimate of drug-likeness (QED) is 0.439. The second-order valence-corrected chi connectivity index (χ2v) is 5.18. The highest BCUT2D eigenvalue weighted by atomic mass is 16.5. The van der Waals surface area contributed by atoms with Gasteiger partial charge in [0.15, 0.2) is 0 Å². The molecule has 0 N–H and O–H groups in total. The number of methoxy groups -OCH3 is 1. The Morgan fingerprint density at radius 2 is 2.18 bits per heavy atom. The lowest BCUT2D eigenvalue weighted by Gasteiger charge is -2.07. The molecule has 0 spiro atoms. The molecule has 0 aromatic heterocycles. The summed E-state index contributed by atoms with van der Waals surface area (Å²) in [4.78, 5) is 15.7. The summed E-state index contributed by atoms with van der Waals surface area (Å²) in [5, 5.41) is 0. The first-order valence-corrected chi connectivity index (χ1v) is 7.41. The van der Waals surface area contributed by atoms with Crippen LogP contribution in [-0.4, -0.2) is 25.2 Å². The molecule has 3 nitrogen and oxygen atoms in total. The Bertz CT molecular complexity index is 628. The number of hydrogen-bond donors (Lipinski definition) is 0. The highest BCUT2D eigenvalue weighted by molar-refractivity contribution is 6.13. The molecule has 0 aromatic rings. The van der Waals surface area contributed by atoms with Crippen molar-refractivity contribution >= 4 is 12.0 Å². The van der Waals surface area contributed by atoms with Crippen molar-refractivity contribution in [2.24, 2.45) is 4.99 Å². The summed E-state index contributed by atoms with van der Waals surface area (Å²) >= 11 is 0. The largest absolute Gasteiger partial charge is 0.373 e. The van der Waals surface area contributed by atoms with Gasteiger partial charge in [0.25, 0.3) is 0 Å². The number of aliphatic imine (C=N–C) groups is 1. The standard InChI is InChI=1S/C19H21NO2/c1-15(14-21)13-19(20-17-8-4-3-5-9-17)16-7-6-10-18(22-2)12-11-16/h4,6-14,18H,3,5H2,1-2H3/b15-13+,20-19?. The normalized spacial score (nSPS) is 22.2. The van der Waals surface area contributed by atoms with Crippen molar-refractivity contribution in [1.29, 1.82) is 0 Å². The predicted octanol–water partition coefficient (Wildman–Crippen LogP) is 3.87. The van der Waals surface area contributed by atoms with Gasteiger partial charge in [0.2, 0.25) is 0 Å². The van der Waals surface area contributed by atoms with E-state index >= 15 is 0 Å². The Balaban J connectivity index is 2.37. The van der Waals surface area contributed by atoms with E-state index in [2.05, 4.69) is 12.2 Å². The van der Waals surface area contributed by atoms with Crippen molar-refractivity contribution < 1.29 is 9.53 Å². The zero-order valence-corrected chi connectivity index (χ0v) is 13.0. The Hall–Kier alpha value is -2.26. The lowest BCUT2D eigenvalue weighted by atomic mass is 10.1. The van der Waals surface area contributed by atoms with E-state index in [1.165, 1.54) is 0 Å². The molecule has 0 saturated heterocycles. The monoisotopic (exact) mass is 295 g/mol. The van der Waals surface area contributed by atoms with Crippen LogP contribution in [0.15, 0.2) is 76.5 Å². The average Bonchev–Trinajstić information content (AvgIpc) is 2.80. The highest BCUT2D eigenvalue weighted by Gasteiger charge is 2.07. The molecule has 1 unspecified atom stereocenters. The van der Waals surface area contributed by atoms with Gasteiger partial charge in [-0.3, -0.25) is 4.79 Å². The first kappa shape index (κ1) is 16.1. The van der Waals surface area contributed by atoms with Crippen molar-refractivity contribution in [2.75, 3.05) is 7.11 Å². The van der Waals surface area contributed by atoms with Crippen LogP contribution in [0.2, 0.25) is 0 Å². The summed E-state index contributed by atoms with van der Waals surface area (Å²) in [6.45, 7) is 1.78. The lowest BCUT2D eigenvalue weighted by molar-refractivity contribution is -0.104. The molecule has 0 bridgehead atoms. The minimum absolute atomic E-state index is 0.0417. The van der Waals surface area contributed by atoms with Gasteiger partial charge in [0.1, 0.15) is 6.29 Å². The molecule has 22 heavy (non-hydrogen) atoms. The molecular weight excluding hydrogens is 274 g/mol. The van der Waals surface area contributed by atoms with Crippen LogP contribution in [0.4, 0.5) is 0 Å². The average molecular weight is 295 g/mol. The molecule has 2 rings (SSSR count). The van der Waals surface area contributed by atoms with Crippen LogP contribution in [0, 0.1) is 0 Å². The van der Waals surface area contributed by atoms with Gasteiger partial charge in [-0.05, 0) is 43.1 Å². The van der Waals surface area contributed by atoms with Crippen LogP contribution in [0.25, 0.3) is 0 Å². The number of ether oxygens (including phenoxy) is 1. The van der Waals surface area contributed by atoms with Gasteiger partial charge in [-0.25, -0.2) is 4.99 Å². The maximum absolute atomic E-state index is 11.0. The molecule has 3 heteroatoms. The first-order chi connectivity index (χ1) is 10.7. The second kappa shape index (κ2) is 8.25. The van der Waals surface area contributed by atoms with Crippen molar-refractivity contribution in [2.45, 2.75) is 25.9 Å². The Kier molecular flexibility index (Phi) is 6.04. The van der Waals surface area contributed by atoms with E-state index < -0.39 is 0 Å². The highest BCUT2D eigenvalue weighted by Crippen LogP contribution is 2.16. The fourth-order valence-corrected chi connectivity index (χ4v) is 2.17. The number of allylic oxidation sites excluding steroid dienone is 9. The first-order valence-electron chi connectivity index (χ1n) is 7.41. The smallest absolute Gasteiger partial charge is 0.145 e. The van der Waals surface area contributed by atoms with Crippen LogP contribution < -0.4 is 0 Å². The van der Waals surface area contributed by atoms with Gasteiger partial charge < -0.3 is 4.74 Å². The van der Waals surface area contributed by atoms with Crippen molar-refractivity contribution in [3.8, 4) is 0 Å². The molecule has 114 valence electrons. The van der Waals surface area contributed by atoms with Crippen molar-refractivity contribution in [3.05, 3.63) is 71.5 Å². The molecule has 0 saturated carbocycles. The molecule has 0 fully saturated rings. The molecule has 2 aliphatic carbocycles. The zero-order valence-electron chi connectivity index (χ0n) is 13.0. The number of nitrogens with zero attached hydrogens (tertiary/aromatic N) is 1. The summed E-state index contributed by atoms with van der Waals surface area (Å²) in [5.41, 5.74) is 3.31. The van der Waals surface area contributed by atoms with E-state index in [4.69, 9.17) is 9.73 Å². The third-order valence-corrected chi connectivity index (χ3v) is 3.39. The number of carbonyl (C=O) groups excluding carboxylic acids is 1. The van der Waals surface area contributed by atoms with Crippen LogP contribution >= 0.6 is 0 Å². The minimum atomic E-state index is -0.0417. The topological polar surface area (TPSA) is 38.7 Å². The summed E-state index contributed by atoms with van der Waals surface area (Å²) in [6, 6.07) is 0. The van der Waals surface area contributed by atoms with Gasteiger partial charge in [-0.15, -0.1) is 0 Å². The van der Waals surface area contributed by atoms with Crippen LogP contribution in [0.5, 0.6) is 0 Å². The molecule has 0 aromatic carbocycles. The van der Waals surface area contributed by atoms with Gasteiger partial charge in [0.05, 0.1) is 17.5 Å². The fourth-order valence-electron chi connectivity index (χ4n) is 2.17. The Labute approximate surface area is 131 Å². The molecule has 1 atom stereocenters. The molecule has 0 amide bonds. The molecule has 0 heterocycles. The van der Waals surface area contributed by atoms with Gasteiger partial charge in [-0.2, -0.15) is 0 Å². The SMILES string of the molecule is COC1C=CC=C(C(/C=C(\C)C=O)=NC2=CCCC=C2)C=C1. The lowest BCUT2D eigenvalue weighted by Crippen LogP contribution is -2.02. The number of rotatable bonds is 5. The summed E-state index contributed by atoms with van der Waals surface area (Å²) in [6.07, 6.45) is 20.8. The van der Waals surface area contributed by atoms with Crippen LogP contribution in [-0.2, 0) is 9.53 Å². The maximum Gasteiger partial charge on any atom is 0.145 e. The van der Waals surface area contributed by atoms with Gasteiger partial charge in [0, 0.05) is 7.11 Å². The van der Waals surface area contributed by atoms with E-state index in [0.29, 0.717) is 5.57 Å². The van der Waals surface area contributed by atoms with E-state index in [1.807, 2.05) is 42.5 Å². The molecular formula is C19H21NO2.